The van der Waals surface area contributed by atoms with Gasteiger partial charge in [0.2, 0.25) is 5.88 Å². The van der Waals surface area contributed by atoms with Crippen LogP contribution < -0.4 is 4.74 Å². The number of aromatic nitrogens is 2. The van der Waals surface area contributed by atoms with Crippen molar-refractivity contribution in [1.29, 1.82) is 0 Å². The van der Waals surface area contributed by atoms with Gasteiger partial charge in [-0.3, -0.25) is 0 Å². The molecule has 2 rings (SSSR count). The number of alkyl halides is 2. The molecular formula is C10H7F3N2O. The summed E-state index contributed by atoms with van der Waals surface area (Å²) in [4.78, 5) is 7.44. The molecule has 0 saturated heterocycles. The minimum Gasteiger partial charge on any atom is -0.480 e. The van der Waals surface area contributed by atoms with Crippen molar-refractivity contribution in [3.05, 3.63) is 29.8 Å². The van der Waals surface area contributed by atoms with Crippen molar-refractivity contribution in [3.63, 3.8) is 0 Å². The highest BCUT2D eigenvalue weighted by Crippen LogP contribution is 2.30. The van der Waals surface area contributed by atoms with Gasteiger partial charge in [0, 0.05) is 5.56 Å². The lowest BCUT2D eigenvalue weighted by Gasteiger charge is -2.07. The Bertz CT molecular complexity index is 531. The summed E-state index contributed by atoms with van der Waals surface area (Å²) in [5.41, 5.74) is -0.459. The maximum absolute atomic E-state index is 13.1. The number of halogens is 3. The average Bonchev–Trinajstić information content (AvgIpc) is 2.27. The zero-order valence-electron chi connectivity index (χ0n) is 8.25. The van der Waals surface area contributed by atoms with Crippen LogP contribution in [0.15, 0.2) is 18.5 Å². The molecule has 0 N–H and O–H groups in total. The second-order valence-corrected chi connectivity index (χ2v) is 3.07. The van der Waals surface area contributed by atoms with E-state index in [0.717, 1.165) is 18.5 Å². The zero-order valence-corrected chi connectivity index (χ0v) is 8.25. The molecular weight excluding hydrogens is 221 g/mol. The largest absolute Gasteiger partial charge is 0.480 e. The first-order valence-electron chi connectivity index (χ1n) is 4.39. The molecule has 16 heavy (non-hydrogen) atoms. The Morgan fingerprint density at radius 1 is 1.25 bits per heavy atom. The van der Waals surface area contributed by atoms with Crippen LogP contribution in [-0.4, -0.2) is 17.1 Å². The predicted molar refractivity (Wildman–Crippen MR) is 51.0 cm³/mol. The van der Waals surface area contributed by atoms with Crippen molar-refractivity contribution in [2.24, 2.45) is 0 Å². The summed E-state index contributed by atoms with van der Waals surface area (Å²) in [6.07, 6.45) is -1.69. The van der Waals surface area contributed by atoms with E-state index in [-0.39, 0.29) is 16.8 Å². The summed E-state index contributed by atoms with van der Waals surface area (Å²) in [6.45, 7) is 0. The molecule has 84 valence electrons. The van der Waals surface area contributed by atoms with Crippen LogP contribution in [0.1, 0.15) is 12.0 Å². The molecule has 0 aliphatic carbocycles. The van der Waals surface area contributed by atoms with Crippen molar-refractivity contribution in [2.45, 2.75) is 6.43 Å². The molecule has 0 fully saturated rings. The maximum atomic E-state index is 13.1. The first-order valence-corrected chi connectivity index (χ1v) is 4.39. The van der Waals surface area contributed by atoms with Gasteiger partial charge < -0.3 is 4.74 Å². The van der Waals surface area contributed by atoms with Gasteiger partial charge in [-0.2, -0.15) is 0 Å². The second kappa shape index (κ2) is 3.96. The number of hydrogen-bond acceptors (Lipinski definition) is 3. The highest BCUT2D eigenvalue weighted by molar-refractivity contribution is 5.86. The van der Waals surface area contributed by atoms with Crippen LogP contribution in [0, 0.1) is 5.82 Å². The van der Waals surface area contributed by atoms with Crippen LogP contribution in [0.5, 0.6) is 5.88 Å². The minimum atomic E-state index is -2.79. The number of hydrogen-bond donors (Lipinski definition) is 0. The van der Waals surface area contributed by atoms with E-state index in [2.05, 4.69) is 9.97 Å². The molecule has 0 radical (unpaired) electrons. The van der Waals surface area contributed by atoms with E-state index in [1.165, 1.54) is 7.11 Å². The molecule has 0 unspecified atom stereocenters. The van der Waals surface area contributed by atoms with E-state index in [1.807, 2.05) is 0 Å². The van der Waals surface area contributed by atoms with Gasteiger partial charge in [-0.1, -0.05) is 0 Å². The summed E-state index contributed by atoms with van der Waals surface area (Å²) in [5, 5.41) is 0.139. The number of methoxy groups -OCH3 is 1. The summed E-state index contributed by atoms with van der Waals surface area (Å²) in [7, 11) is 1.33. The zero-order chi connectivity index (χ0) is 11.7. The number of benzene rings is 1. The second-order valence-electron chi connectivity index (χ2n) is 3.07. The highest BCUT2D eigenvalue weighted by atomic mass is 19.3. The third kappa shape index (κ3) is 1.66. The van der Waals surface area contributed by atoms with Crippen molar-refractivity contribution >= 4 is 10.9 Å². The van der Waals surface area contributed by atoms with Crippen LogP contribution in [0.25, 0.3) is 10.9 Å². The van der Waals surface area contributed by atoms with E-state index in [4.69, 9.17) is 4.74 Å². The maximum Gasteiger partial charge on any atom is 0.266 e. The Balaban J connectivity index is 2.83. The number of nitrogens with zero attached hydrogens (tertiary/aromatic N) is 2. The lowest BCUT2D eigenvalue weighted by Crippen LogP contribution is -1.96. The standard InChI is InChI=1S/C10H7F3N2O/c1-16-10-7-3-5(11)2-6(9(12)13)8(7)14-4-15-10/h2-4,9H,1H3. The van der Waals surface area contributed by atoms with E-state index in [1.54, 1.807) is 0 Å². The lowest BCUT2D eigenvalue weighted by atomic mass is 10.1. The fourth-order valence-corrected chi connectivity index (χ4v) is 1.47. The summed E-state index contributed by atoms with van der Waals surface area (Å²) >= 11 is 0. The molecule has 0 aliphatic heterocycles. The van der Waals surface area contributed by atoms with E-state index in [9.17, 15) is 13.2 Å². The number of ether oxygens (including phenoxy) is 1. The predicted octanol–water partition coefficient (Wildman–Crippen LogP) is 2.72. The molecule has 1 aromatic heterocycles. The third-order valence-electron chi connectivity index (χ3n) is 2.12. The Morgan fingerprint density at radius 3 is 2.62 bits per heavy atom. The van der Waals surface area contributed by atoms with Crippen LogP contribution in [-0.2, 0) is 0 Å². The molecule has 1 heterocycles. The topological polar surface area (TPSA) is 35.0 Å². The average molecular weight is 228 g/mol. The Morgan fingerprint density at radius 2 is 2.00 bits per heavy atom. The lowest BCUT2D eigenvalue weighted by molar-refractivity contribution is 0.152. The molecule has 0 spiro atoms. The van der Waals surface area contributed by atoms with Crippen LogP contribution in [0.2, 0.25) is 0 Å². The fourth-order valence-electron chi connectivity index (χ4n) is 1.47. The Kier molecular flexibility index (Phi) is 2.64. The molecule has 1 aromatic carbocycles. The summed E-state index contributed by atoms with van der Waals surface area (Å²) < 4.78 is 43.3. The quantitative estimate of drug-likeness (QED) is 0.792. The van der Waals surface area contributed by atoms with E-state index < -0.39 is 17.8 Å². The molecule has 6 heteroatoms. The van der Waals surface area contributed by atoms with Crippen molar-refractivity contribution < 1.29 is 17.9 Å². The monoisotopic (exact) mass is 228 g/mol. The fraction of sp³-hybridized carbons (Fsp3) is 0.200. The molecule has 3 nitrogen and oxygen atoms in total. The molecule has 0 atom stereocenters. The van der Waals surface area contributed by atoms with Gasteiger partial charge >= 0.3 is 0 Å². The van der Waals surface area contributed by atoms with Crippen molar-refractivity contribution in [1.82, 2.24) is 9.97 Å². The molecule has 2 aromatic rings. The summed E-state index contributed by atoms with van der Waals surface area (Å²) in [6, 6.07) is 1.83. The Labute approximate surface area is 88.9 Å². The normalized spacial score (nSPS) is 11.1. The van der Waals surface area contributed by atoms with E-state index in [0.29, 0.717) is 0 Å². The Hall–Kier alpha value is -1.85. The molecule has 0 saturated carbocycles. The first kappa shape index (κ1) is 10.7. The van der Waals surface area contributed by atoms with Crippen molar-refractivity contribution in [3.8, 4) is 5.88 Å². The van der Waals surface area contributed by atoms with E-state index >= 15 is 0 Å². The van der Waals surface area contributed by atoms with Crippen LogP contribution in [0.3, 0.4) is 0 Å². The van der Waals surface area contributed by atoms with Crippen molar-refractivity contribution in [2.75, 3.05) is 7.11 Å². The van der Waals surface area contributed by atoms with Gasteiger partial charge in [0.05, 0.1) is 18.0 Å². The number of fused-ring (bicyclic) bond motifs is 1. The van der Waals surface area contributed by atoms with Gasteiger partial charge in [-0.25, -0.2) is 23.1 Å². The molecule has 0 bridgehead atoms. The van der Waals surface area contributed by atoms with Gasteiger partial charge in [-0.15, -0.1) is 0 Å². The first-order chi connectivity index (χ1) is 7.63. The van der Waals surface area contributed by atoms with Gasteiger partial charge in [0.15, 0.2) is 0 Å². The summed E-state index contributed by atoms with van der Waals surface area (Å²) in [5.74, 6) is -0.692. The molecule has 0 aliphatic rings. The highest BCUT2D eigenvalue weighted by Gasteiger charge is 2.17. The van der Waals surface area contributed by atoms with Crippen LogP contribution in [0.4, 0.5) is 13.2 Å². The van der Waals surface area contributed by atoms with Gasteiger partial charge in [0.25, 0.3) is 6.43 Å². The smallest absolute Gasteiger partial charge is 0.266 e. The number of rotatable bonds is 2. The van der Waals surface area contributed by atoms with Gasteiger partial charge in [-0.05, 0) is 12.1 Å². The van der Waals surface area contributed by atoms with Crippen LogP contribution >= 0.6 is 0 Å². The molecule has 0 amide bonds. The van der Waals surface area contributed by atoms with Gasteiger partial charge in [0.1, 0.15) is 12.1 Å². The third-order valence-corrected chi connectivity index (χ3v) is 2.12. The minimum absolute atomic E-state index is 0.00301. The SMILES string of the molecule is COc1ncnc2c(C(F)F)cc(F)cc12.